The highest BCUT2D eigenvalue weighted by Crippen LogP contribution is 2.15. The van der Waals surface area contributed by atoms with Gasteiger partial charge in [-0.25, -0.2) is 9.97 Å². The van der Waals surface area contributed by atoms with Crippen molar-refractivity contribution in [2.45, 2.75) is 37.9 Å². The number of carbonyl (C=O) groups is 1. The van der Waals surface area contributed by atoms with Gasteiger partial charge in [-0.15, -0.1) is 0 Å². The normalized spacial score (nSPS) is 12.1. The Kier molecular flexibility index (Phi) is 5.70. The Bertz CT molecular complexity index is 392. The lowest BCUT2D eigenvalue weighted by Gasteiger charge is -2.12. The quantitative estimate of drug-likeness (QED) is 0.526. The number of hydrogen-bond donors (Lipinski definition) is 3. The van der Waals surface area contributed by atoms with Crippen LogP contribution in [0.25, 0.3) is 0 Å². The van der Waals surface area contributed by atoms with E-state index in [1.165, 1.54) is 17.8 Å². The SMILES string of the molecule is CCC[C@@H](C)NC(=O)CSc1nc(N)cc(N)n1. The van der Waals surface area contributed by atoms with Crippen LogP contribution in [0.15, 0.2) is 11.2 Å². The zero-order chi connectivity index (χ0) is 13.5. The molecule has 1 rings (SSSR count). The van der Waals surface area contributed by atoms with Crippen LogP contribution >= 0.6 is 11.8 Å². The highest BCUT2D eigenvalue weighted by Gasteiger charge is 2.09. The van der Waals surface area contributed by atoms with E-state index in [-0.39, 0.29) is 17.7 Å². The van der Waals surface area contributed by atoms with Crippen molar-refractivity contribution in [3.63, 3.8) is 0 Å². The summed E-state index contributed by atoms with van der Waals surface area (Å²) in [5.74, 6) is 0.844. The molecule has 18 heavy (non-hydrogen) atoms. The lowest BCUT2D eigenvalue weighted by atomic mass is 10.2. The van der Waals surface area contributed by atoms with Gasteiger partial charge < -0.3 is 16.8 Å². The van der Waals surface area contributed by atoms with E-state index in [2.05, 4.69) is 22.2 Å². The zero-order valence-corrected chi connectivity index (χ0v) is 11.5. The number of thioether (sulfide) groups is 1. The minimum absolute atomic E-state index is 0.0365. The van der Waals surface area contributed by atoms with Crippen LogP contribution in [0, 0.1) is 0 Å². The third-order valence-corrected chi connectivity index (χ3v) is 3.05. The number of carbonyl (C=O) groups excluding carboxylic acids is 1. The van der Waals surface area contributed by atoms with Crippen molar-refractivity contribution < 1.29 is 4.79 Å². The van der Waals surface area contributed by atoms with Gasteiger partial charge in [0.2, 0.25) is 5.91 Å². The van der Waals surface area contributed by atoms with E-state index in [0.29, 0.717) is 16.8 Å². The predicted octanol–water partition coefficient (Wildman–Crippen LogP) is 1.04. The van der Waals surface area contributed by atoms with Crippen molar-refractivity contribution in [3.05, 3.63) is 6.07 Å². The first-order valence-electron chi connectivity index (χ1n) is 5.83. The topological polar surface area (TPSA) is 107 Å². The van der Waals surface area contributed by atoms with E-state index in [0.717, 1.165) is 12.8 Å². The van der Waals surface area contributed by atoms with Crippen molar-refractivity contribution >= 4 is 29.3 Å². The van der Waals surface area contributed by atoms with Crippen molar-refractivity contribution in [2.75, 3.05) is 17.2 Å². The molecular weight excluding hydrogens is 250 g/mol. The maximum absolute atomic E-state index is 11.6. The van der Waals surface area contributed by atoms with Crippen LogP contribution < -0.4 is 16.8 Å². The number of nitrogens with two attached hydrogens (primary N) is 2. The van der Waals surface area contributed by atoms with Gasteiger partial charge in [-0.2, -0.15) is 0 Å². The Labute approximate surface area is 111 Å². The number of aromatic nitrogens is 2. The molecule has 1 aromatic heterocycles. The predicted molar refractivity (Wildman–Crippen MR) is 74.1 cm³/mol. The fourth-order valence-electron chi connectivity index (χ4n) is 1.48. The second-order valence-corrected chi connectivity index (χ2v) is 4.99. The average Bonchev–Trinajstić information content (AvgIpc) is 2.25. The molecule has 0 spiro atoms. The smallest absolute Gasteiger partial charge is 0.230 e. The minimum atomic E-state index is -0.0365. The number of nitrogen functional groups attached to an aromatic ring is 2. The van der Waals surface area contributed by atoms with Crippen LogP contribution in [-0.2, 0) is 4.79 Å². The number of rotatable bonds is 6. The molecule has 0 fully saturated rings. The molecule has 1 atom stereocenters. The first kappa shape index (κ1) is 14.6. The van der Waals surface area contributed by atoms with Gasteiger partial charge in [0.25, 0.3) is 0 Å². The molecule has 0 bridgehead atoms. The summed E-state index contributed by atoms with van der Waals surface area (Å²) in [5.41, 5.74) is 11.1. The van der Waals surface area contributed by atoms with Crippen LogP contribution in [0.1, 0.15) is 26.7 Å². The number of nitrogens with zero attached hydrogens (tertiary/aromatic N) is 2. The molecule has 0 saturated carbocycles. The van der Waals surface area contributed by atoms with Crippen molar-refractivity contribution in [1.82, 2.24) is 15.3 Å². The minimum Gasteiger partial charge on any atom is -0.383 e. The second-order valence-electron chi connectivity index (χ2n) is 4.05. The first-order valence-corrected chi connectivity index (χ1v) is 6.82. The van der Waals surface area contributed by atoms with Gasteiger partial charge in [0.05, 0.1) is 5.75 Å². The summed E-state index contributed by atoms with van der Waals surface area (Å²) >= 11 is 1.22. The molecule has 5 N–H and O–H groups in total. The van der Waals surface area contributed by atoms with Crippen LogP contribution in [0.2, 0.25) is 0 Å². The van der Waals surface area contributed by atoms with E-state index in [4.69, 9.17) is 11.5 Å². The number of anilines is 2. The van der Waals surface area contributed by atoms with Gasteiger partial charge in [0, 0.05) is 12.1 Å². The number of nitrogens with one attached hydrogen (secondary N) is 1. The maximum atomic E-state index is 11.6. The summed E-state index contributed by atoms with van der Waals surface area (Å²) in [6, 6.07) is 1.67. The van der Waals surface area contributed by atoms with E-state index in [1.807, 2.05) is 6.92 Å². The van der Waals surface area contributed by atoms with Gasteiger partial charge in [-0.1, -0.05) is 25.1 Å². The lowest BCUT2D eigenvalue weighted by Crippen LogP contribution is -2.33. The molecule has 6 nitrogen and oxygen atoms in total. The van der Waals surface area contributed by atoms with Gasteiger partial charge >= 0.3 is 0 Å². The molecule has 0 unspecified atom stereocenters. The highest BCUT2D eigenvalue weighted by molar-refractivity contribution is 7.99. The van der Waals surface area contributed by atoms with E-state index < -0.39 is 0 Å². The molecule has 1 heterocycles. The molecule has 100 valence electrons. The highest BCUT2D eigenvalue weighted by atomic mass is 32.2. The molecule has 1 aromatic rings. The Morgan fingerprint density at radius 2 is 2.06 bits per heavy atom. The van der Waals surface area contributed by atoms with Crippen molar-refractivity contribution in [2.24, 2.45) is 0 Å². The number of hydrogen-bond acceptors (Lipinski definition) is 6. The standard InChI is InChI=1S/C11H19N5OS/c1-3-4-7(2)14-10(17)6-18-11-15-8(12)5-9(13)16-11/h5,7H,3-4,6H2,1-2H3,(H,14,17)(H4,12,13,15,16)/t7-/m1/s1. The second kappa shape index (κ2) is 7.05. The fraction of sp³-hybridized carbons (Fsp3) is 0.545. The third-order valence-electron chi connectivity index (χ3n) is 2.21. The monoisotopic (exact) mass is 269 g/mol. The summed E-state index contributed by atoms with van der Waals surface area (Å²) in [6.45, 7) is 4.07. The van der Waals surface area contributed by atoms with Crippen LogP contribution in [-0.4, -0.2) is 27.7 Å². The Balaban J connectivity index is 2.42. The van der Waals surface area contributed by atoms with Crippen molar-refractivity contribution in [3.8, 4) is 0 Å². The summed E-state index contributed by atoms with van der Waals surface area (Å²) < 4.78 is 0. The zero-order valence-electron chi connectivity index (χ0n) is 10.6. The van der Waals surface area contributed by atoms with E-state index in [1.54, 1.807) is 0 Å². The van der Waals surface area contributed by atoms with Gasteiger partial charge in [-0.05, 0) is 13.3 Å². The molecule has 0 aromatic carbocycles. The Hall–Kier alpha value is -1.50. The lowest BCUT2D eigenvalue weighted by molar-refractivity contribution is -0.119. The first-order chi connectivity index (χ1) is 8.51. The maximum Gasteiger partial charge on any atom is 0.230 e. The number of amides is 1. The molecule has 0 aliphatic carbocycles. The molecule has 0 radical (unpaired) electrons. The largest absolute Gasteiger partial charge is 0.383 e. The molecule has 7 heteroatoms. The van der Waals surface area contributed by atoms with Crippen LogP contribution in [0.3, 0.4) is 0 Å². The summed E-state index contributed by atoms with van der Waals surface area (Å²) in [5, 5.41) is 3.32. The van der Waals surface area contributed by atoms with Gasteiger partial charge in [0.15, 0.2) is 5.16 Å². The van der Waals surface area contributed by atoms with E-state index in [9.17, 15) is 4.79 Å². The Morgan fingerprint density at radius 1 is 1.44 bits per heavy atom. The van der Waals surface area contributed by atoms with Crippen LogP contribution in [0.5, 0.6) is 0 Å². The van der Waals surface area contributed by atoms with Crippen molar-refractivity contribution in [1.29, 1.82) is 0 Å². The Morgan fingerprint density at radius 3 is 2.61 bits per heavy atom. The average molecular weight is 269 g/mol. The molecule has 1 amide bonds. The summed E-state index contributed by atoms with van der Waals surface area (Å²) in [7, 11) is 0. The van der Waals surface area contributed by atoms with E-state index >= 15 is 0 Å². The van der Waals surface area contributed by atoms with Gasteiger partial charge in [0.1, 0.15) is 11.6 Å². The molecule has 0 aliphatic heterocycles. The van der Waals surface area contributed by atoms with Gasteiger partial charge in [-0.3, -0.25) is 4.79 Å². The molecule has 0 saturated heterocycles. The summed E-state index contributed by atoms with van der Waals surface area (Å²) in [6.07, 6.45) is 2.02. The molecular formula is C11H19N5OS. The fourth-order valence-corrected chi connectivity index (χ4v) is 2.16. The summed E-state index contributed by atoms with van der Waals surface area (Å²) in [4.78, 5) is 19.6. The van der Waals surface area contributed by atoms with Crippen LogP contribution in [0.4, 0.5) is 11.6 Å². The molecule has 0 aliphatic rings. The third kappa shape index (κ3) is 5.22.